The molecule has 2 aliphatic rings. The molecule has 0 aliphatic carbocycles. The maximum absolute atomic E-state index is 14.2. The molecule has 1 amide bonds. The van der Waals surface area contributed by atoms with Crippen molar-refractivity contribution < 1.29 is 33.3 Å². The molecule has 294 valence electrons. The van der Waals surface area contributed by atoms with Gasteiger partial charge < -0.3 is 38.1 Å². The monoisotopic (exact) mass is 778 g/mol. The van der Waals surface area contributed by atoms with Crippen LogP contribution in [0.1, 0.15) is 57.8 Å². The fraction of sp³-hybridized carbons (Fsp3) is 0.386. The molecule has 12 heteroatoms. The van der Waals surface area contributed by atoms with Crippen LogP contribution in [-0.4, -0.2) is 99.3 Å². The lowest BCUT2D eigenvalue weighted by Gasteiger charge is -2.36. The first-order valence-corrected chi connectivity index (χ1v) is 19.7. The van der Waals surface area contributed by atoms with E-state index in [-0.39, 0.29) is 23.0 Å². The van der Waals surface area contributed by atoms with E-state index in [1.807, 2.05) is 35.2 Å². The Balaban J connectivity index is 1.08. The van der Waals surface area contributed by atoms with Crippen molar-refractivity contribution in [1.29, 1.82) is 0 Å². The van der Waals surface area contributed by atoms with Gasteiger partial charge in [0.1, 0.15) is 0 Å². The number of methoxy groups -OCH3 is 5. The smallest absolute Gasteiger partial charge is 0.254 e. The fourth-order valence-corrected chi connectivity index (χ4v) is 8.58. The minimum atomic E-state index is -0.331. The van der Waals surface area contributed by atoms with Gasteiger partial charge in [-0.2, -0.15) is 0 Å². The molecule has 2 saturated heterocycles. The Kier molecular flexibility index (Phi) is 11.8. The van der Waals surface area contributed by atoms with Gasteiger partial charge in [0.15, 0.2) is 28.8 Å². The molecule has 2 aliphatic heterocycles. The number of carbonyl (C=O) groups excluding carboxylic acids is 2. The van der Waals surface area contributed by atoms with Crippen molar-refractivity contribution in [3.05, 3.63) is 101 Å². The molecule has 2 unspecified atom stereocenters. The van der Waals surface area contributed by atoms with Gasteiger partial charge in [0.2, 0.25) is 11.5 Å². The van der Waals surface area contributed by atoms with Crippen LogP contribution in [0.5, 0.6) is 28.7 Å². The highest BCUT2D eigenvalue weighted by atomic mass is 31.0. The van der Waals surface area contributed by atoms with Gasteiger partial charge in [-0.05, 0) is 98.1 Å². The predicted octanol–water partition coefficient (Wildman–Crippen LogP) is 6.40. The number of hydrogen-bond acceptors (Lipinski definition) is 9. The molecule has 0 N–H and O–H groups in total. The fourth-order valence-electron chi connectivity index (χ4n) is 8.39. The summed E-state index contributed by atoms with van der Waals surface area (Å²) in [6.07, 6.45) is 3.13. The molecular formula is C44H51N4O7P. The van der Waals surface area contributed by atoms with Gasteiger partial charge in [0, 0.05) is 36.5 Å². The number of para-hydroxylation sites is 2. The molecule has 56 heavy (non-hydrogen) atoms. The van der Waals surface area contributed by atoms with Crippen molar-refractivity contribution in [3.8, 4) is 28.7 Å². The van der Waals surface area contributed by atoms with Crippen LogP contribution in [0.3, 0.4) is 0 Å². The lowest BCUT2D eigenvalue weighted by atomic mass is 9.76. The number of ketones is 1. The number of aromatic nitrogens is 2. The Morgan fingerprint density at radius 2 is 1.46 bits per heavy atom. The third-order valence-corrected chi connectivity index (χ3v) is 12.0. The van der Waals surface area contributed by atoms with Gasteiger partial charge in [0.25, 0.3) is 5.91 Å². The van der Waals surface area contributed by atoms with E-state index in [9.17, 15) is 9.59 Å². The molecule has 1 aromatic heterocycles. The van der Waals surface area contributed by atoms with Gasteiger partial charge in [-0.3, -0.25) is 9.59 Å². The normalized spacial score (nSPS) is 17.6. The van der Waals surface area contributed by atoms with Crippen LogP contribution < -0.4 is 29.0 Å². The van der Waals surface area contributed by atoms with Crippen molar-refractivity contribution in [1.82, 2.24) is 19.4 Å². The Morgan fingerprint density at radius 3 is 2.12 bits per heavy atom. The summed E-state index contributed by atoms with van der Waals surface area (Å²) >= 11 is 0. The minimum absolute atomic E-state index is 0.0988. The zero-order valence-electron chi connectivity index (χ0n) is 32.9. The molecular weight excluding hydrogens is 727 g/mol. The lowest BCUT2D eigenvalue weighted by Crippen LogP contribution is -2.41. The molecule has 0 radical (unpaired) electrons. The van der Waals surface area contributed by atoms with E-state index in [0.29, 0.717) is 59.8 Å². The Bertz CT molecular complexity index is 2170. The van der Waals surface area contributed by atoms with Crippen molar-refractivity contribution >= 4 is 37.3 Å². The number of benzene rings is 4. The number of hydrogen-bond donors (Lipinski definition) is 0. The zero-order valence-corrected chi connectivity index (χ0v) is 34.0. The molecule has 3 heterocycles. The standard InChI is InChI=1S/C44H51N4O7P/c1-51-36-15-12-32(26-37(36)52-2)44(19-23-47(28-44)43(50)31-24-38(53-3)41(55-5)39(25-31)54-4)18-22-46-20-16-30(17-21-46)40(49)42-45-34-8-6-7-9-35(34)48(42)27-29-10-13-33(56)14-11-29/h6-15,24-26,30H,16-23,27-28,56H2,1-5H3. The lowest BCUT2D eigenvalue weighted by molar-refractivity contribution is 0.0777. The van der Waals surface area contributed by atoms with E-state index in [1.165, 1.54) is 0 Å². The van der Waals surface area contributed by atoms with Gasteiger partial charge >= 0.3 is 0 Å². The Labute approximate surface area is 331 Å². The molecule has 11 nitrogen and oxygen atoms in total. The molecule has 4 aromatic carbocycles. The number of piperidine rings is 1. The highest BCUT2D eigenvalue weighted by Crippen LogP contribution is 2.43. The summed E-state index contributed by atoms with van der Waals surface area (Å²) < 4.78 is 30.0. The second kappa shape index (κ2) is 16.9. The summed E-state index contributed by atoms with van der Waals surface area (Å²) in [7, 11) is 10.6. The molecule has 0 spiro atoms. The molecule has 0 bridgehead atoms. The van der Waals surface area contributed by atoms with Crippen molar-refractivity contribution in [3.63, 3.8) is 0 Å². The number of amides is 1. The largest absolute Gasteiger partial charge is 0.493 e. The highest BCUT2D eigenvalue weighted by Gasteiger charge is 2.43. The van der Waals surface area contributed by atoms with Gasteiger partial charge in [0.05, 0.1) is 46.6 Å². The number of ether oxygens (including phenoxy) is 5. The SMILES string of the molecule is COc1ccc(C2(CCN3CCC(C(=O)c4nc5ccccc5n4Cc4ccc(P)cc4)CC3)CCN(C(=O)c3cc(OC)c(OC)c(OC)c3)C2)cc1OC. The summed E-state index contributed by atoms with van der Waals surface area (Å²) in [4.78, 5) is 37.6. The first kappa shape index (κ1) is 39.1. The first-order valence-electron chi connectivity index (χ1n) is 19.1. The van der Waals surface area contributed by atoms with Crippen LogP contribution in [-0.2, 0) is 12.0 Å². The number of imidazole rings is 1. The number of Topliss-reactive ketones (excluding diaryl/α,β-unsaturated/α-hetero) is 1. The first-order chi connectivity index (χ1) is 27.2. The maximum atomic E-state index is 14.2. The third-order valence-electron chi connectivity index (χ3n) is 11.6. The second-order valence-electron chi connectivity index (χ2n) is 14.7. The van der Waals surface area contributed by atoms with E-state index >= 15 is 0 Å². The number of fused-ring (bicyclic) bond motifs is 1. The maximum Gasteiger partial charge on any atom is 0.254 e. The van der Waals surface area contributed by atoms with Crippen LogP contribution in [0, 0.1) is 5.92 Å². The van der Waals surface area contributed by atoms with Crippen molar-refractivity contribution in [2.24, 2.45) is 5.92 Å². The average Bonchev–Trinajstić information content (AvgIpc) is 3.85. The summed E-state index contributed by atoms with van der Waals surface area (Å²) in [5, 5.41) is 1.12. The zero-order chi connectivity index (χ0) is 39.4. The topological polar surface area (TPSA) is 105 Å². The summed E-state index contributed by atoms with van der Waals surface area (Å²) in [5.74, 6) is 3.08. The molecule has 2 atom stereocenters. The Hall–Kier alpha value is -5.12. The van der Waals surface area contributed by atoms with E-state index in [0.717, 1.165) is 72.8 Å². The highest BCUT2D eigenvalue weighted by molar-refractivity contribution is 7.27. The summed E-state index contributed by atoms with van der Waals surface area (Å²) in [6.45, 7) is 4.14. The number of rotatable bonds is 14. The average molecular weight is 779 g/mol. The second-order valence-corrected chi connectivity index (χ2v) is 15.4. The summed E-state index contributed by atoms with van der Waals surface area (Å²) in [6, 6.07) is 25.9. The van der Waals surface area contributed by atoms with Crippen LogP contribution in [0.15, 0.2) is 78.9 Å². The van der Waals surface area contributed by atoms with Crippen LogP contribution in [0.4, 0.5) is 0 Å². The van der Waals surface area contributed by atoms with Crippen LogP contribution in [0.2, 0.25) is 0 Å². The Morgan fingerprint density at radius 1 is 0.786 bits per heavy atom. The summed E-state index contributed by atoms with van der Waals surface area (Å²) in [5.41, 5.74) is 4.18. The molecule has 2 fully saturated rings. The number of carbonyl (C=O) groups is 2. The van der Waals surface area contributed by atoms with Crippen LogP contribution >= 0.6 is 9.24 Å². The third kappa shape index (κ3) is 7.80. The van der Waals surface area contributed by atoms with E-state index in [1.54, 1.807) is 47.7 Å². The van der Waals surface area contributed by atoms with Gasteiger partial charge in [-0.25, -0.2) is 4.98 Å². The van der Waals surface area contributed by atoms with Crippen molar-refractivity contribution in [2.75, 3.05) is 68.3 Å². The van der Waals surface area contributed by atoms with Gasteiger partial charge in [-0.1, -0.05) is 42.5 Å². The molecule has 5 aromatic rings. The van der Waals surface area contributed by atoms with E-state index < -0.39 is 0 Å². The number of nitrogens with zero attached hydrogens (tertiary/aromatic N) is 4. The van der Waals surface area contributed by atoms with Crippen LogP contribution in [0.25, 0.3) is 11.0 Å². The molecule has 0 saturated carbocycles. The number of likely N-dealkylation sites (tertiary alicyclic amines) is 2. The van der Waals surface area contributed by atoms with E-state index in [4.69, 9.17) is 28.7 Å². The predicted molar refractivity (Wildman–Crippen MR) is 221 cm³/mol. The quantitative estimate of drug-likeness (QED) is 0.0937. The minimum Gasteiger partial charge on any atom is -0.493 e. The van der Waals surface area contributed by atoms with Crippen molar-refractivity contribution in [2.45, 2.75) is 37.6 Å². The van der Waals surface area contributed by atoms with E-state index in [2.05, 4.69) is 55.1 Å². The van der Waals surface area contributed by atoms with Gasteiger partial charge in [-0.15, -0.1) is 9.24 Å². The molecule has 7 rings (SSSR count).